The van der Waals surface area contributed by atoms with Crippen LogP contribution in [0.5, 0.6) is 0 Å². The fourth-order valence-electron chi connectivity index (χ4n) is 1.42. The lowest BCUT2D eigenvalue weighted by Gasteiger charge is -2.09. The van der Waals surface area contributed by atoms with Gasteiger partial charge in [-0.15, -0.1) is 0 Å². The van der Waals surface area contributed by atoms with Crippen LogP contribution < -0.4 is 9.86 Å². The van der Waals surface area contributed by atoms with Crippen LogP contribution in [0.3, 0.4) is 0 Å². The van der Waals surface area contributed by atoms with Crippen molar-refractivity contribution < 1.29 is 21.6 Å². The average Bonchev–Trinajstić information content (AvgIpc) is 2.26. The van der Waals surface area contributed by atoms with Crippen molar-refractivity contribution in [2.75, 3.05) is 24.2 Å². The molecule has 1 aromatic rings. The second-order valence-electron chi connectivity index (χ2n) is 3.96. The number of methoxy groups -OCH3 is 1. The Labute approximate surface area is 123 Å². The summed E-state index contributed by atoms with van der Waals surface area (Å²) in [7, 11) is -6.00. The molecule has 1 rings (SSSR count). The van der Waals surface area contributed by atoms with E-state index >= 15 is 0 Å². The summed E-state index contributed by atoms with van der Waals surface area (Å²) in [5, 5.41) is 4.80. The molecule has 7 nitrogen and oxygen atoms in total. The quantitative estimate of drug-likeness (QED) is 0.710. The highest BCUT2D eigenvalue weighted by Crippen LogP contribution is 2.24. The van der Waals surface area contributed by atoms with Gasteiger partial charge in [0.05, 0.1) is 16.5 Å². The van der Waals surface area contributed by atoms with Gasteiger partial charge in [-0.2, -0.15) is 0 Å². The van der Waals surface area contributed by atoms with Gasteiger partial charge in [0, 0.05) is 13.7 Å². The first kappa shape index (κ1) is 17.2. The summed E-state index contributed by atoms with van der Waals surface area (Å²) in [5.74, 6) is -0.116. The van der Waals surface area contributed by atoms with Gasteiger partial charge >= 0.3 is 0 Å². The summed E-state index contributed by atoms with van der Waals surface area (Å²) in [6.45, 7) is 0.325. The Morgan fingerprint density at radius 2 is 1.95 bits per heavy atom. The van der Waals surface area contributed by atoms with Gasteiger partial charge in [0.25, 0.3) is 0 Å². The molecule has 0 radical (unpaired) electrons. The minimum absolute atomic E-state index is 0.116. The lowest BCUT2D eigenvalue weighted by molar-refractivity contribution is 0.199. The van der Waals surface area contributed by atoms with Crippen LogP contribution >= 0.6 is 11.6 Å². The van der Waals surface area contributed by atoms with Crippen molar-refractivity contribution in [3.63, 3.8) is 0 Å². The number of halogens is 1. The Morgan fingerprint density at radius 1 is 1.30 bits per heavy atom. The third kappa shape index (κ3) is 5.25. The van der Waals surface area contributed by atoms with Crippen LogP contribution in [0.25, 0.3) is 0 Å². The molecule has 20 heavy (non-hydrogen) atoms. The first-order chi connectivity index (χ1) is 9.15. The van der Waals surface area contributed by atoms with Gasteiger partial charge < -0.3 is 4.74 Å². The summed E-state index contributed by atoms with van der Waals surface area (Å²) >= 11 is 5.76. The molecule has 0 aliphatic heterocycles. The SMILES string of the molecule is COCCCS(=O)(=O)Nc1ccc(S(N)(=O)=O)c(Cl)c1. The highest BCUT2D eigenvalue weighted by molar-refractivity contribution is 7.92. The molecule has 0 aliphatic carbocycles. The minimum atomic E-state index is -3.94. The first-order valence-corrected chi connectivity index (χ1v) is 9.05. The van der Waals surface area contributed by atoms with E-state index in [0.29, 0.717) is 13.0 Å². The van der Waals surface area contributed by atoms with Crippen LogP contribution in [0, 0.1) is 0 Å². The molecule has 0 saturated heterocycles. The second-order valence-corrected chi connectivity index (χ2v) is 7.74. The maximum atomic E-state index is 11.7. The molecule has 114 valence electrons. The molecule has 0 saturated carbocycles. The molecule has 0 spiro atoms. The molecule has 0 atom stereocenters. The monoisotopic (exact) mass is 342 g/mol. The molecule has 0 aliphatic rings. The average molecular weight is 343 g/mol. The standard InChI is InChI=1S/C10H15ClN2O5S2/c1-18-5-2-6-19(14,15)13-8-3-4-10(9(11)7-8)20(12,16)17/h3-4,7,13H,2,5-6H2,1H3,(H2,12,16,17). The molecule has 1 aromatic carbocycles. The van der Waals surface area contributed by atoms with Gasteiger partial charge in [0.1, 0.15) is 4.90 Å². The zero-order valence-electron chi connectivity index (χ0n) is 10.7. The van der Waals surface area contributed by atoms with Gasteiger partial charge in [0.2, 0.25) is 20.0 Å². The smallest absolute Gasteiger partial charge is 0.239 e. The van der Waals surface area contributed by atoms with Crippen LogP contribution in [0.15, 0.2) is 23.1 Å². The molecule has 0 amide bonds. The summed E-state index contributed by atoms with van der Waals surface area (Å²) < 4.78 is 52.8. The van der Waals surface area contributed by atoms with Crippen molar-refractivity contribution in [2.24, 2.45) is 5.14 Å². The van der Waals surface area contributed by atoms with E-state index < -0.39 is 20.0 Å². The minimum Gasteiger partial charge on any atom is -0.385 e. The molecule has 0 heterocycles. The third-order valence-corrected chi connectivity index (χ3v) is 5.04. The van der Waals surface area contributed by atoms with E-state index in [4.69, 9.17) is 21.5 Å². The van der Waals surface area contributed by atoms with Gasteiger partial charge in [-0.25, -0.2) is 22.0 Å². The molecule has 0 fully saturated rings. The maximum Gasteiger partial charge on any atom is 0.239 e. The predicted molar refractivity (Wildman–Crippen MR) is 76.7 cm³/mol. The summed E-state index contributed by atoms with van der Waals surface area (Å²) in [6, 6.07) is 3.61. The second kappa shape index (κ2) is 6.72. The number of sulfonamides is 2. The van der Waals surface area contributed by atoms with Gasteiger partial charge in [-0.3, -0.25) is 4.72 Å². The molecule has 0 aromatic heterocycles. The van der Waals surface area contributed by atoms with E-state index in [1.807, 2.05) is 0 Å². The highest BCUT2D eigenvalue weighted by atomic mass is 35.5. The Bertz CT molecular complexity index is 673. The number of nitrogens with one attached hydrogen (secondary N) is 1. The van der Waals surface area contributed by atoms with Crippen LogP contribution in [0.2, 0.25) is 5.02 Å². The largest absolute Gasteiger partial charge is 0.385 e. The van der Waals surface area contributed by atoms with Crippen molar-refractivity contribution >= 4 is 37.3 Å². The maximum absolute atomic E-state index is 11.7. The number of anilines is 1. The number of nitrogens with two attached hydrogens (primary N) is 1. The number of ether oxygens (including phenoxy) is 1. The summed E-state index contributed by atoms with van der Waals surface area (Å²) in [5.41, 5.74) is 0.166. The van der Waals surface area contributed by atoms with Crippen molar-refractivity contribution in [2.45, 2.75) is 11.3 Å². The van der Waals surface area contributed by atoms with E-state index in [1.54, 1.807) is 0 Å². The lowest BCUT2D eigenvalue weighted by atomic mass is 10.3. The molecule has 10 heteroatoms. The van der Waals surface area contributed by atoms with Crippen molar-refractivity contribution in [1.29, 1.82) is 0 Å². The van der Waals surface area contributed by atoms with Crippen LogP contribution in [-0.4, -0.2) is 36.3 Å². The van der Waals surface area contributed by atoms with Gasteiger partial charge in [-0.1, -0.05) is 11.6 Å². The van der Waals surface area contributed by atoms with Crippen LogP contribution in [0.4, 0.5) is 5.69 Å². The zero-order chi connectivity index (χ0) is 15.4. The lowest BCUT2D eigenvalue weighted by Crippen LogP contribution is -2.18. The van der Waals surface area contributed by atoms with E-state index in [1.165, 1.54) is 19.2 Å². The van der Waals surface area contributed by atoms with E-state index in [9.17, 15) is 16.8 Å². The van der Waals surface area contributed by atoms with Gasteiger partial charge in [-0.05, 0) is 24.6 Å². The Balaban J connectivity index is 2.87. The number of benzene rings is 1. The Morgan fingerprint density at radius 3 is 2.45 bits per heavy atom. The fraction of sp³-hybridized carbons (Fsp3) is 0.400. The van der Waals surface area contributed by atoms with E-state index in [0.717, 1.165) is 6.07 Å². The molecular formula is C10H15ClN2O5S2. The molecule has 0 unspecified atom stereocenters. The van der Waals surface area contributed by atoms with Gasteiger partial charge in [0.15, 0.2) is 0 Å². The Kier molecular flexibility index (Phi) is 5.78. The first-order valence-electron chi connectivity index (χ1n) is 5.47. The third-order valence-electron chi connectivity index (χ3n) is 2.27. The van der Waals surface area contributed by atoms with E-state index in [-0.39, 0.29) is 21.4 Å². The van der Waals surface area contributed by atoms with Crippen LogP contribution in [0.1, 0.15) is 6.42 Å². The predicted octanol–water partition coefficient (Wildman–Crippen LogP) is 0.766. The van der Waals surface area contributed by atoms with Crippen molar-refractivity contribution in [1.82, 2.24) is 0 Å². The zero-order valence-corrected chi connectivity index (χ0v) is 13.1. The van der Waals surface area contributed by atoms with Crippen molar-refractivity contribution in [3.05, 3.63) is 23.2 Å². The summed E-state index contributed by atoms with van der Waals surface area (Å²) in [4.78, 5) is -0.263. The summed E-state index contributed by atoms with van der Waals surface area (Å²) in [6.07, 6.45) is 0.342. The number of hydrogen-bond acceptors (Lipinski definition) is 5. The normalized spacial score (nSPS) is 12.3. The number of hydrogen-bond donors (Lipinski definition) is 2. The Hall–Kier alpha value is -0.870. The van der Waals surface area contributed by atoms with Crippen molar-refractivity contribution in [3.8, 4) is 0 Å². The number of primary sulfonamides is 1. The fourth-order valence-corrected chi connectivity index (χ4v) is 3.60. The van der Waals surface area contributed by atoms with Crippen LogP contribution in [-0.2, 0) is 24.8 Å². The topological polar surface area (TPSA) is 116 Å². The molecule has 3 N–H and O–H groups in total. The van der Waals surface area contributed by atoms with E-state index in [2.05, 4.69) is 4.72 Å². The number of rotatable bonds is 7. The highest BCUT2D eigenvalue weighted by Gasteiger charge is 2.15. The molecule has 0 bridgehead atoms. The molecular weight excluding hydrogens is 328 g/mol.